The zero-order valence-corrected chi connectivity index (χ0v) is 13.2. The maximum atomic E-state index is 14.2. The highest BCUT2D eigenvalue weighted by Gasteiger charge is 2.20. The summed E-state index contributed by atoms with van der Waals surface area (Å²) in [6, 6.07) is 4.60. The number of aromatic hydroxyl groups is 1. The molecule has 1 N–H and O–H groups in total. The monoisotopic (exact) mass is 343 g/mol. The van der Waals surface area contributed by atoms with Gasteiger partial charge in [0.25, 0.3) is 0 Å². The number of alkyl halides is 1. The van der Waals surface area contributed by atoms with Crippen molar-refractivity contribution >= 4 is 18.5 Å². The van der Waals surface area contributed by atoms with Gasteiger partial charge in [0.05, 0.1) is 13.3 Å². The Morgan fingerprint density at radius 1 is 1.16 bits per heavy atom. The van der Waals surface area contributed by atoms with Gasteiger partial charge in [-0.1, -0.05) is 0 Å². The fourth-order valence-electron chi connectivity index (χ4n) is 2.40. The summed E-state index contributed by atoms with van der Waals surface area (Å²) < 4.78 is 32.1. The van der Waals surface area contributed by atoms with Crippen molar-refractivity contribution in [2.75, 3.05) is 13.3 Å². The average Bonchev–Trinajstić information content (AvgIpc) is 3.13. The lowest BCUT2D eigenvalue weighted by molar-refractivity contribution is 0.274. The first-order chi connectivity index (χ1) is 12.2. The van der Waals surface area contributed by atoms with Gasteiger partial charge in [-0.2, -0.15) is 0 Å². The molecule has 0 aliphatic carbocycles. The van der Waals surface area contributed by atoms with E-state index in [4.69, 9.17) is 4.74 Å². The highest BCUT2D eigenvalue weighted by atomic mass is 19.1. The van der Waals surface area contributed by atoms with E-state index in [2.05, 4.69) is 15.0 Å². The summed E-state index contributed by atoms with van der Waals surface area (Å²) >= 11 is 0. The third-order valence-electron chi connectivity index (χ3n) is 3.50. The normalized spacial score (nSPS) is 12.6. The number of hydrogen-bond donors (Lipinski definition) is 1. The van der Waals surface area contributed by atoms with E-state index < -0.39 is 18.2 Å². The molecule has 0 saturated carbocycles. The van der Waals surface area contributed by atoms with Gasteiger partial charge in [0, 0.05) is 36.8 Å². The first kappa shape index (κ1) is 16.8. The zero-order chi connectivity index (χ0) is 17.6. The number of phenols is 1. The van der Waals surface area contributed by atoms with Gasteiger partial charge in [0.15, 0.2) is 23.1 Å². The molecule has 0 spiro atoms. The quantitative estimate of drug-likeness (QED) is 0.812. The van der Waals surface area contributed by atoms with Gasteiger partial charge in [0.1, 0.15) is 0 Å². The molecular weight excluding hydrogens is 328 g/mol. The summed E-state index contributed by atoms with van der Waals surface area (Å²) in [5.74, 6) is -1.11. The van der Waals surface area contributed by atoms with Gasteiger partial charge in [-0.15, -0.1) is 0 Å². The van der Waals surface area contributed by atoms with Crippen molar-refractivity contribution in [2.45, 2.75) is 6.42 Å². The van der Waals surface area contributed by atoms with Crippen molar-refractivity contribution in [1.29, 1.82) is 0 Å². The van der Waals surface area contributed by atoms with Crippen molar-refractivity contribution in [3.63, 3.8) is 0 Å². The minimum atomic E-state index is -0.842. The molecule has 3 rings (SSSR count). The maximum Gasteiger partial charge on any atom is 0.194 e. The third-order valence-corrected chi connectivity index (χ3v) is 3.50. The lowest BCUT2D eigenvalue weighted by Gasteiger charge is -2.16. The van der Waals surface area contributed by atoms with Crippen molar-refractivity contribution in [2.24, 2.45) is 9.98 Å². The summed E-state index contributed by atoms with van der Waals surface area (Å²) in [5.41, 5.74) is 1.56. The van der Waals surface area contributed by atoms with Crippen LogP contribution in [0.25, 0.3) is 17.2 Å². The van der Waals surface area contributed by atoms with E-state index >= 15 is 0 Å². The largest absolute Gasteiger partial charge is 0.502 e. The van der Waals surface area contributed by atoms with Crippen LogP contribution in [-0.4, -0.2) is 35.8 Å². The standard InChI is InChI=1S/C18H15F2N3O2/c19-4-1-9-25-18-16(12-2-5-21-6-3-12)13(10-14(20)17(18)24)11-15-22-7-8-23-15/h2-3,5-8,10-11,24H,1,4,9H2. The van der Waals surface area contributed by atoms with Gasteiger partial charge in [-0.05, 0) is 35.4 Å². The van der Waals surface area contributed by atoms with E-state index in [1.54, 1.807) is 30.6 Å². The average molecular weight is 343 g/mol. The number of benzene rings is 1. The summed E-state index contributed by atoms with van der Waals surface area (Å²) in [6.07, 6.45) is 7.91. The Morgan fingerprint density at radius 2 is 1.88 bits per heavy atom. The molecule has 7 heteroatoms. The molecule has 2 aromatic rings. The second kappa shape index (κ2) is 7.65. The van der Waals surface area contributed by atoms with Crippen LogP contribution in [0.4, 0.5) is 8.78 Å². The molecule has 0 radical (unpaired) electrons. The van der Waals surface area contributed by atoms with Crippen LogP contribution >= 0.6 is 0 Å². The topological polar surface area (TPSA) is 67.1 Å². The summed E-state index contributed by atoms with van der Waals surface area (Å²) in [7, 11) is 0. The maximum absolute atomic E-state index is 14.2. The Balaban J connectivity index is 2.18. The van der Waals surface area contributed by atoms with Gasteiger partial charge in [0.2, 0.25) is 0 Å². The van der Waals surface area contributed by atoms with Crippen LogP contribution in [0.15, 0.2) is 46.4 Å². The predicted octanol–water partition coefficient (Wildman–Crippen LogP) is 3.79. The van der Waals surface area contributed by atoms with Gasteiger partial charge in [-0.25, -0.2) is 14.4 Å². The number of rotatable bonds is 6. The van der Waals surface area contributed by atoms with Crippen molar-refractivity contribution in [3.05, 3.63) is 47.8 Å². The highest BCUT2D eigenvalue weighted by Crippen LogP contribution is 2.43. The molecule has 1 aliphatic heterocycles. The number of halogens is 2. The molecule has 2 heterocycles. The number of aromatic nitrogens is 1. The van der Waals surface area contributed by atoms with Gasteiger partial charge in [-0.3, -0.25) is 9.37 Å². The van der Waals surface area contributed by atoms with E-state index in [1.807, 2.05) is 0 Å². The number of hydrogen-bond acceptors (Lipinski definition) is 5. The van der Waals surface area contributed by atoms with Gasteiger partial charge >= 0.3 is 0 Å². The minimum absolute atomic E-state index is 0.0118. The summed E-state index contributed by atoms with van der Waals surface area (Å²) in [4.78, 5) is 12.1. The Kier molecular flexibility index (Phi) is 5.13. The zero-order valence-electron chi connectivity index (χ0n) is 13.2. The summed E-state index contributed by atoms with van der Waals surface area (Å²) in [6.45, 7) is -0.557. The van der Waals surface area contributed by atoms with Crippen LogP contribution in [-0.2, 0) is 0 Å². The van der Waals surface area contributed by atoms with Gasteiger partial charge < -0.3 is 9.84 Å². The molecule has 5 nitrogen and oxygen atoms in total. The molecule has 128 valence electrons. The second-order valence-corrected chi connectivity index (χ2v) is 5.19. The molecule has 1 aromatic heterocycles. The molecule has 0 fully saturated rings. The van der Waals surface area contributed by atoms with E-state index in [0.29, 0.717) is 22.5 Å². The van der Waals surface area contributed by atoms with Crippen LogP contribution in [0.5, 0.6) is 11.5 Å². The number of pyridine rings is 1. The van der Waals surface area contributed by atoms with Crippen molar-refractivity contribution < 1.29 is 18.6 Å². The number of nitrogens with zero attached hydrogens (tertiary/aromatic N) is 3. The lowest BCUT2D eigenvalue weighted by Crippen LogP contribution is -2.02. The van der Waals surface area contributed by atoms with Crippen LogP contribution in [0.2, 0.25) is 0 Å². The highest BCUT2D eigenvalue weighted by molar-refractivity contribution is 6.18. The van der Waals surface area contributed by atoms with E-state index in [-0.39, 0.29) is 18.8 Å². The molecule has 0 unspecified atom stereocenters. The smallest absolute Gasteiger partial charge is 0.194 e. The molecule has 0 bridgehead atoms. The number of aliphatic imine (C=N–C) groups is 2. The SMILES string of the molecule is Oc1c(F)cc(C=C2N=CC=N2)c(-c2ccncc2)c1OCCCF. The molecule has 1 aliphatic rings. The Bertz CT molecular complexity index is 835. The van der Waals surface area contributed by atoms with Crippen LogP contribution in [0.1, 0.15) is 12.0 Å². The van der Waals surface area contributed by atoms with Crippen LogP contribution in [0, 0.1) is 5.82 Å². The first-order valence-electron chi connectivity index (χ1n) is 7.63. The third kappa shape index (κ3) is 3.71. The second-order valence-electron chi connectivity index (χ2n) is 5.19. The Hall–Kier alpha value is -3.09. The van der Waals surface area contributed by atoms with E-state index in [1.165, 1.54) is 18.5 Å². The predicted molar refractivity (Wildman–Crippen MR) is 92.3 cm³/mol. The number of phenolic OH excluding ortho intramolecular Hbond substituents is 1. The molecule has 0 saturated heterocycles. The Morgan fingerprint density at radius 3 is 2.56 bits per heavy atom. The van der Waals surface area contributed by atoms with Crippen molar-refractivity contribution in [1.82, 2.24) is 4.98 Å². The van der Waals surface area contributed by atoms with E-state index in [9.17, 15) is 13.9 Å². The van der Waals surface area contributed by atoms with Crippen molar-refractivity contribution in [3.8, 4) is 22.6 Å². The van der Waals surface area contributed by atoms with E-state index in [0.717, 1.165) is 0 Å². The fourth-order valence-corrected chi connectivity index (χ4v) is 2.40. The fraction of sp³-hybridized carbons (Fsp3) is 0.167. The molecule has 1 aromatic carbocycles. The molecule has 0 atom stereocenters. The summed E-state index contributed by atoms with van der Waals surface area (Å²) in [5, 5.41) is 10.1. The molecule has 25 heavy (non-hydrogen) atoms. The first-order valence-corrected chi connectivity index (χ1v) is 7.63. The molecular formula is C18H15F2N3O2. The van der Waals surface area contributed by atoms with Crippen LogP contribution in [0.3, 0.4) is 0 Å². The molecule has 0 amide bonds. The number of ether oxygens (including phenoxy) is 1. The lowest BCUT2D eigenvalue weighted by atomic mass is 9.98. The van der Waals surface area contributed by atoms with Crippen LogP contribution < -0.4 is 4.74 Å². The Labute approximate surface area is 143 Å². The minimum Gasteiger partial charge on any atom is -0.502 e.